The second kappa shape index (κ2) is 13.3. The number of fused-ring (bicyclic) bond motifs is 1. The summed E-state index contributed by atoms with van der Waals surface area (Å²) >= 11 is 0. The molecule has 0 bridgehead atoms. The van der Waals surface area contributed by atoms with Crippen molar-refractivity contribution in [1.82, 2.24) is 4.90 Å². The predicted molar refractivity (Wildman–Crippen MR) is 162 cm³/mol. The summed E-state index contributed by atoms with van der Waals surface area (Å²) in [7, 11) is -7.18. The number of aryl methyl sites for hydroxylation is 1. The number of piperidine rings is 1. The maximum absolute atomic E-state index is 13.9. The Morgan fingerprint density at radius 3 is 2.37 bits per heavy atom. The van der Waals surface area contributed by atoms with Gasteiger partial charge in [0.25, 0.3) is 0 Å². The van der Waals surface area contributed by atoms with E-state index in [0.717, 1.165) is 51.4 Å². The molecule has 1 fully saturated rings. The molecule has 1 saturated heterocycles. The summed E-state index contributed by atoms with van der Waals surface area (Å²) < 4.78 is 64.9. The zero-order valence-electron chi connectivity index (χ0n) is 23.9. The summed E-state index contributed by atoms with van der Waals surface area (Å²) in [6.45, 7) is 5.53. The molecular weight excluding hydrogens is 566 g/mol. The fraction of sp³-hybridized carbons (Fsp3) is 0.483. The Hall–Kier alpha value is -3.09. The van der Waals surface area contributed by atoms with Gasteiger partial charge in [-0.05, 0) is 75.2 Å². The number of anilines is 2. The van der Waals surface area contributed by atoms with Gasteiger partial charge in [0, 0.05) is 29.6 Å². The van der Waals surface area contributed by atoms with Crippen LogP contribution in [0.25, 0.3) is 11.0 Å². The van der Waals surface area contributed by atoms with Gasteiger partial charge in [-0.1, -0.05) is 19.8 Å². The smallest absolute Gasteiger partial charge is 0.229 e. The maximum atomic E-state index is 13.9. The van der Waals surface area contributed by atoms with Gasteiger partial charge < -0.3 is 14.1 Å². The lowest BCUT2D eigenvalue weighted by atomic mass is 9.97. The summed E-state index contributed by atoms with van der Waals surface area (Å²) in [5, 5.41) is 0.477. The molecular formula is C29H39N3O7S2. The molecule has 2 heterocycles. The third-order valence-corrected chi connectivity index (χ3v) is 8.11. The van der Waals surface area contributed by atoms with Gasteiger partial charge in [-0.25, -0.2) is 16.8 Å². The minimum Gasteiger partial charge on any atom is -0.491 e. The normalized spacial score (nSPS) is 14.7. The predicted octanol–water partition coefficient (Wildman–Crippen LogP) is 5.00. The number of carbonyl (C=O) groups is 1. The number of sulfonamides is 2. The fourth-order valence-electron chi connectivity index (χ4n) is 5.06. The lowest BCUT2D eigenvalue weighted by Gasteiger charge is -2.26. The van der Waals surface area contributed by atoms with Crippen LogP contribution < -0.4 is 14.2 Å². The van der Waals surface area contributed by atoms with Crippen LogP contribution in [0.3, 0.4) is 0 Å². The first kappa shape index (κ1) is 30.9. The van der Waals surface area contributed by atoms with Crippen LogP contribution in [0.1, 0.15) is 67.1 Å². The zero-order valence-corrected chi connectivity index (χ0v) is 25.5. The van der Waals surface area contributed by atoms with Gasteiger partial charge in [-0.15, -0.1) is 0 Å². The van der Waals surface area contributed by atoms with Crippen LogP contribution in [0, 0.1) is 0 Å². The molecule has 1 aliphatic heterocycles. The zero-order chi connectivity index (χ0) is 29.6. The molecule has 0 atom stereocenters. The van der Waals surface area contributed by atoms with Crippen molar-refractivity contribution in [3.63, 3.8) is 0 Å². The summed E-state index contributed by atoms with van der Waals surface area (Å²) in [4.78, 5) is 16.4. The van der Waals surface area contributed by atoms with Crippen LogP contribution in [-0.4, -0.2) is 66.3 Å². The van der Waals surface area contributed by atoms with E-state index in [9.17, 15) is 21.6 Å². The van der Waals surface area contributed by atoms with E-state index in [-0.39, 0.29) is 17.0 Å². The summed E-state index contributed by atoms with van der Waals surface area (Å²) in [6.07, 6.45) is 8.78. The van der Waals surface area contributed by atoms with Gasteiger partial charge in [0.2, 0.25) is 20.0 Å². The second-order valence-electron chi connectivity index (χ2n) is 10.6. The minimum atomic E-state index is -3.65. The van der Waals surface area contributed by atoms with Gasteiger partial charge >= 0.3 is 0 Å². The Morgan fingerprint density at radius 1 is 0.951 bits per heavy atom. The number of nitrogens with zero attached hydrogens (tertiary/aromatic N) is 1. The lowest BCUT2D eigenvalue weighted by molar-refractivity contribution is 0.103. The van der Waals surface area contributed by atoms with Crippen molar-refractivity contribution < 1.29 is 30.8 Å². The molecule has 10 nitrogen and oxygen atoms in total. The number of likely N-dealkylation sites (tertiary alicyclic amines) is 1. The average molecular weight is 606 g/mol. The quantitative estimate of drug-likeness (QED) is 0.194. The van der Waals surface area contributed by atoms with E-state index in [2.05, 4.69) is 14.3 Å². The van der Waals surface area contributed by atoms with Crippen molar-refractivity contribution in [2.75, 3.05) is 48.2 Å². The molecule has 0 radical (unpaired) electrons. The third-order valence-electron chi connectivity index (χ3n) is 6.91. The van der Waals surface area contributed by atoms with Crippen LogP contribution in [0.4, 0.5) is 11.4 Å². The van der Waals surface area contributed by atoms with Crippen molar-refractivity contribution in [3.05, 3.63) is 53.3 Å². The molecule has 4 rings (SSSR count). The van der Waals surface area contributed by atoms with Crippen LogP contribution in [0.5, 0.6) is 5.75 Å². The number of hydrogen-bond donors (Lipinski definition) is 2. The van der Waals surface area contributed by atoms with Crippen LogP contribution in [0.2, 0.25) is 0 Å². The molecule has 0 aliphatic carbocycles. The molecule has 12 heteroatoms. The summed E-state index contributed by atoms with van der Waals surface area (Å²) in [6, 6.07) is 9.48. The topological polar surface area (TPSA) is 135 Å². The fourth-order valence-corrected chi connectivity index (χ4v) is 6.18. The molecule has 41 heavy (non-hydrogen) atoms. The highest BCUT2D eigenvalue weighted by Crippen LogP contribution is 2.34. The molecule has 0 amide bonds. The van der Waals surface area contributed by atoms with Crippen molar-refractivity contribution in [1.29, 1.82) is 0 Å². The van der Waals surface area contributed by atoms with Gasteiger partial charge in [-0.2, -0.15) is 0 Å². The van der Waals surface area contributed by atoms with E-state index in [1.54, 1.807) is 30.3 Å². The first-order valence-electron chi connectivity index (χ1n) is 14.0. The Morgan fingerprint density at radius 2 is 1.68 bits per heavy atom. The van der Waals surface area contributed by atoms with Crippen molar-refractivity contribution in [2.24, 2.45) is 0 Å². The van der Waals surface area contributed by atoms with Crippen LogP contribution >= 0.6 is 0 Å². The monoisotopic (exact) mass is 605 g/mol. The first-order valence-corrected chi connectivity index (χ1v) is 17.8. The number of unbranched alkanes of at least 4 members (excludes halogenated alkanes) is 1. The van der Waals surface area contributed by atoms with Crippen LogP contribution in [-0.2, 0) is 26.5 Å². The Labute approximate surface area is 242 Å². The Balaban J connectivity index is 1.64. The highest BCUT2D eigenvalue weighted by atomic mass is 32.2. The highest BCUT2D eigenvalue weighted by molar-refractivity contribution is 7.92. The first-order chi connectivity index (χ1) is 19.4. The average Bonchev–Trinajstić information content (AvgIpc) is 3.26. The highest BCUT2D eigenvalue weighted by Gasteiger charge is 2.24. The number of hydrogen-bond acceptors (Lipinski definition) is 8. The molecule has 224 valence electrons. The van der Waals surface area contributed by atoms with Crippen LogP contribution in [0.15, 0.2) is 40.8 Å². The summed E-state index contributed by atoms with van der Waals surface area (Å²) in [5.41, 5.74) is 1.52. The van der Waals surface area contributed by atoms with Gasteiger partial charge in [0.1, 0.15) is 17.1 Å². The number of rotatable bonds is 14. The minimum absolute atomic E-state index is 0.179. The molecule has 1 aromatic heterocycles. The number of benzene rings is 2. The standard InChI is InChI=1S/C29H39N3O7S2/c1-4-5-10-27-28(23-20-22(30-40(2,34)35)12-14-25(23)39-27)29(33)21-11-13-26(24(19-21)31-41(3,36)37)38-18-9-17-32-15-7-6-8-16-32/h11-14,19-20,30-31H,4-10,15-18H2,1-3H3. The Kier molecular flexibility index (Phi) is 9.98. The third kappa shape index (κ3) is 8.70. The van der Waals surface area contributed by atoms with E-state index in [4.69, 9.17) is 9.15 Å². The molecule has 3 aromatic rings. The number of ether oxygens (including phenoxy) is 1. The number of ketones is 1. The molecule has 1 aliphatic rings. The van der Waals surface area contributed by atoms with E-state index >= 15 is 0 Å². The Bertz CT molecular complexity index is 1590. The number of carbonyl (C=O) groups excluding carboxylic acids is 1. The van der Waals surface area contributed by atoms with Crippen molar-refractivity contribution >= 4 is 48.2 Å². The molecule has 2 aromatic carbocycles. The van der Waals surface area contributed by atoms with Crippen molar-refractivity contribution in [2.45, 2.75) is 51.9 Å². The molecule has 0 saturated carbocycles. The van der Waals surface area contributed by atoms with Crippen molar-refractivity contribution in [3.8, 4) is 5.75 Å². The van der Waals surface area contributed by atoms with E-state index in [1.807, 2.05) is 6.92 Å². The van der Waals surface area contributed by atoms with Gasteiger partial charge in [0.15, 0.2) is 5.78 Å². The SMILES string of the molecule is CCCCc1oc2ccc(NS(C)(=O)=O)cc2c1C(=O)c1ccc(OCCCN2CCCCC2)c(NS(C)(=O)=O)c1. The largest absolute Gasteiger partial charge is 0.491 e. The van der Waals surface area contributed by atoms with Gasteiger partial charge in [0.05, 0.1) is 30.4 Å². The second-order valence-corrected chi connectivity index (χ2v) is 14.1. The molecule has 2 N–H and O–H groups in total. The maximum Gasteiger partial charge on any atom is 0.229 e. The van der Waals surface area contributed by atoms with Gasteiger partial charge in [-0.3, -0.25) is 14.2 Å². The number of furan rings is 1. The number of nitrogens with one attached hydrogen (secondary N) is 2. The lowest BCUT2D eigenvalue weighted by Crippen LogP contribution is -2.31. The van der Waals surface area contributed by atoms with E-state index in [0.29, 0.717) is 46.8 Å². The summed E-state index contributed by atoms with van der Waals surface area (Å²) in [5.74, 6) is 0.479. The molecule has 0 unspecified atom stereocenters. The van der Waals surface area contributed by atoms with E-state index < -0.39 is 20.0 Å². The molecule has 0 spiro atoms. The van der Waals surface area contributed by atoms with E-state index in [1.165, 1.54) is 25.3 Å².